The highest BCUT2D eigenvalue weighted by atomic mass is 16.5. The number of carboxylic acids is 1. The van der Waals surface area contributed by atoms with Crippen molar-refractivity contribution in [3.8, 4) is 11.4 Å². The monoisotopic (exact) mass is 439 g/mol. The predicted octanol–water partition coefficient (Wildman–Crippen LogP) is -0.0755. The van der Waals surface area contributed by atoms with Crippen molar-refractivity contribution < 1.29 is 33.6 Å². The Balaban J connectivity index is 1.47. The molecule has 4 amide bonds. The van der Waals surface area contributed by atoms with E-state index in [2.05, 4.69) is 15.5 Å². The van der Waals surface area contributed by atoms with E-state index in [1.807, 2.05) is 0 Å². The van der Waals surface area contributed by atoms with Crippen LogP contribution in [0.1, 0.15) is 29.1 Å². The summed E-state index contributed by atoms with van der Waals surface area (Å²) in [6.07, 6.45) is 1.21. The Morgan fingerprint density at radius 2 is 2.09 bits per heavy atom. The van der Waals surface area contributed by atoms with Gasteiger partial charge in [0.15, 0.2) is 0 Å². The lowest BCUT2D eigenvalue weighted by Crippen LogP contribution is -2.54. The molecule has 4 rings (SSSR count). The second kappa shape index (κ2) is 8.06. The van der Waals surface area contributed by atoms with Crippen molar-refractivity contribution >= 4 is 29.6 Å². The topological polar surface area (TPSA) is 163 Å². The first-order chi connectivity index (χ1) is 15.2. The van der Waals surface area contributed by atoms with Crippen LogP contribution < -0.4 is 5.32 Å². The van der Waals surface area contributed by atoms with E-state index in [0.29, 0.717) is 5.56 Å². The quantitative estimate of drug-likeness (QED) is 0.582. The number of hydrogen-bond acceptors (Lipinski definition) is 9. The van der Waals surface area contributed by atoms with Gasteiger partial charge in [-0.2, -0.15) is 4.98 Å². The van der Waals surface area contributed by atoms with Crippen molar-refractivity contribution in [2.45, 2.75) is 25.4 Å². The molecule has 0 bridgehead atoms. The fourth-order valence-electron chi connectivity index (χ4n) is 3.48. The second-order valence-electron chi connectivity index (χ2n) is 7.26. The normalized spacial score (nSPS) is 18.6. The number of imide groups is 2. The molecule has 12 heteroatoms. The van der Waals surface area contributed by atoms with Gasteiger partial charge >= 0.3 is 5.97 Å². The summed E-state index contributed by atoms with van der Waals surface area (Å²) >= 11 is 0. The van der Waals surface area contributed by atoms with E-state index in [9.17, 15) is 24.0 Å². The Hall–Kier alpha value is -4.35. The molecular weight excluding hydrogens is 422 g/mol. The van der Waals surface area contributed by atoms with Gasteiger partial charge in [0.2, 0.25) is 23.5 Å². The summed E-state index contributed by atoms with van der Waals surface area (Å²) in [7, 11) is 1.54. The van der Waals surface area contributed by atoms with Gasteiger partial charge in [0.25, 0.3) is 11.8 Å². The minimum absolute atomic E-state index is 0.0142. The Labute approximate surface area is 180 Å². The van der Waals surface area contributed by atoms with Crippen LogP contribution in [-0.2, 0) is 25.7 Å². The molecule has 0 radical (unpaired) electrons. The highest BCUT2D eigenvalue weighted by Gasteiger charge is 2.43. The number of aromatic carboxylic acids is 1. The molecule has 3 heterocycles. The maximum absolute atomic E-state index is 12.8. The van der Waals surface area contributed by atoms with Gasteiger partial charge in [-0.25, -0.2) is 4.79 Å². The molecule has 0 saturated carbocycles. The van der Waals surface area contributed by atoms with E-state index in [4.69, 9.17) is 9.63 Å². The first kappa shape index (κ1) is 20.9. The second-order valence-corrected chi connectivity index (χ2v) is 7.26. The summed E-state index contributed by atoms with van der Waals surface area (Å²) in [6.45, 7) is -0.0142. The Kier molecular flexibility index (Phi) is 5.26. The molecule has 2 N–H and O–H groups in total. The van der Waals surface area contributed by atoms with Crippen molar-refractivity contribution in [3.63, 3.8) is 0 Å². The SMILES string of the molecule is CN(Cc1nc(-c2cccc(C(=O)O)c2)no1)C1=CC(=O)N(C2CCC(=O)NC2=O)C1=O. The molecule has 1 fully saturated rings. The number of amides is 4. The first-order valence-corrected chi connectivity index (χ1v) is 9.55. The fourth-order valence-corrected chi connectivity index (χ4v) is 3.48. The number of carbonyl (C=O) groups excluding carboxylic acids is 4. The van der Waals surface area contributed by atoms with Crippen LogP contribution in [0.15, 0.2) is 40.6 Å². The number of nitrogens with one attached hydrogen (secondary N) is 1. The number of hydrogen-bond donors (Lipinski definition) is 2. The molecule has 1 atom stereocenters. The van der Waals surface area contributed by atoms with E-state index < -0.39 is 35.6 Å². The van der Waals surface area contributed by atoms with Crippen LogP contribution in [0.25, 0.3) is 11.4 Å². The van der Waals surface area contributed by atoms with Gasteiger partial charge in [-0.3, -0.25) is 29.4 Å². The highest BCUT2D eigenvalue weighted by molar-refractivity contribution is 6.18. The zero-order valence-electron chi connectivity index (χ0n) is 16.8. The molecule has 0 aliphatic carbocycles. The first-order valence-electron chi connectivity index (χ1n) is 9.55. The fraction of sp³-hybridized carbons (Fsp3) is 0.250. The lowest BCUT2D eigenvalue weighted by Gasteiger charge is -2.29. The standard InChI is InChI=1S/C20H17N5O7/c1-24(9-15-22-17(23-32-15)10-3-2-4-11(7-10)20(30)31)13-8-16(27)25(19(13)29)12-5-6-14(26)21-18(12)28/h2-4,7-8,12H,5-6,9H2,1H3,(H,30,31)(H,21,26,28). The van der Waals surface area contributed by atoms with Crippen LogP contribution >= 0.6 is 0 Å². The van der Waals surface area contributed by atoms with Crippen LogP contribution in [0.2, 0.25) is 0 Å². The van der Waals surface area contributed by atoms with Crippen molar-refractivity contribution in [1.82, 2.24) is 25.3 Å². The number of carbonyl (C=O) groups is 5. The minimum atomic E-state index is -1.09. The molecule has 1 aromatic carbocycles. The van der Waals surface area contributed by atoms with Crippen LogP contribution in [0.4, 0.5) is 0 Å². The van der Waals surface area contributed by atoms with E-state index in [0.717, 1.165) is 11.0 Å². The number of aromatic nitrogens is 2. The largest absolute Gasteiger partial charge is 0.478 e. The van der Waals surface area contributed by atoms with Gasteiger partial charge < -0.3 is 14.5 Å². The van der Waals surface area contributed by atoms with Crippen molar-refractivity contribution in [2.24, 2.45) is 0 Å². The minimum Gasteiger partial charge on any atom is -0.478 e. The van der Waals surface area contributed by atoms with Gasteiger partial charge in [0, 0.05) is 25.1 Å². The molecule has 32 heavy (non-hydrogen) atoms. The zero-order valence-corrected chi connectivity index (χ0v) is 16.8. The maximum atomic E-state index is 12.8. The number of benzene rings is 1. The number of piperidine rings is 1. The summed E-state index contributed by atoms with van der Waals surface area (Å²) in [5.41, 5.74) is 0.546. The lowest BCUT2D eigenvalue weighted by molar-refractivity contribution is -0.150. The molecule has 1 unspecified atom stereocenters. The Morgan fingerprint density at radius 1 is 1.31 bits per heavy atom. The van der Waals surface area contributed by atoms with Gasteiger partial charge in [0.05, 0.1) is 12.1 Å². The highest BCUT2D eigenvalue weighted by Crippen LogP contribution is 2.24. The van der Waals surface area contributed by atoms with E-state index >= 15 is 0 Å². The molecule has 164 valence electrons. The predicted molar refractivity (Wildman–Crippen MR) is 104 cm³/mol. The van der Waals surface area contributed by atoms with E-state index in [1.54, 1.807) is 19.2 Å². The Morgan fingerprint density at radius 3 is 2.81 bits per heavy atom. The van der Waals surface area contributed by atoms with Gasteiger partial charge in [-0.05, 0) is 18.6 Å². The number of rotatable bonds is 6. The molecular formula is C20H17N5O7. The van der Waals surface area contributed by atoms with Crippen LogP contribution in [0.5, 0.6) is 0 Å². The van der Waals surface area contributed by atoms with Gasteiger partial charge in [0.1, 0.15) is 11.7 Å². The Bertz CT molecular complexity index is 1180. The molecule has 0 spiro atoms. The summed E-state index contributed by atoms with van der Waals surface area (Å²) in [5, 5.41) is 15.1. The summed E-state index contributed by atoms with van der Waals surface area (Å²) < 4.78 is 5.19. The molecule has 2 aromatic rings. The smallest absolute Gasteiger partial charge is 0.335 e. The van der Waals surface area contributed by atoms with Crippen LogP contribution in [0, 0.1) is 0 Å². The van der Waals surface area contributed by atoms with Crippen LogP contribution in [-0.4, -0.2) is 67.7 Å². The third-order valence-electron chi connectivity index (χ3n) is 5.08. The van der Waals surface area contributed by atoms with Gasteiger partial charge in [-0.15, -0.1) is 0 Å². The molecule has 1 aromatic heterocycles. The van der Waals surface area contributed by atoms with Crippen molar-refractivity contribution in [3.05, 3.63) is 47.5 Å². The molecule has 2 aliphatic rings. The van der Waals surface area contributed by atoms with Crippen molar-refractivity contribution in [2.75, 3.05) is 7.05 Å². The average Bonchev–Trinajstić information content (AvgIpc) is 3.33. The van der Waals surface area contributed by atoms with E-state index in [1.165, 1.54) is 17.0 Å². The lowest BCUT2D eigenvalue weighted by atomic mass is 10.0. The molecule has 12 nitrogen and oxygen atoms in total. The summed E-state index contributed by atoms with van der Waals surface area (Å²) in [6, 6.07) is 4.97. The van der Waals surface area contributed by atoms with Crippen molar-refractivity contribution in [1.29, 1.82) is 0 Å². The third kappa shape index (κ3) is 3.85. The van der Waals surface area contributed by atoms with Gasteiger partial charge in [-0.1, -0.05) is 17.3 Å². The number of nitrogens with zero attached hydrogens (tertiary/aromatic N) is 4. The maximum Gasteiger partial charge on any atom is 0.335 e. The summed E-state index contributed by atoms with van der Waals surface area (Å²) in [4.78, 5) is 66.2. The zero-order chi connectivity index (χ0) is 23.0. The molecule has 2 aliphatic heterocycles. The van der Waals surface area contributed by atoms with Crippen LogP contribution in [0.3, 0.4) is 0 Å². The summed E-state index contributed by atoms with van der Waals surface area (Å²) in [5.74, 6) is -3.24. The molecule has 1 saturated heterocycles. The number of likely N-dealkylation sites (N-methyl/N-ethyl adjacent to an activating group) is 1. The average molecular weight is 439 g/mol. The van der Waals surface area contributed by atoms with E-state index in [-0.39, 0.29) is 42.4 Å². The number of carboxylic acid groups (broad SMARTS) is 1. The third-order valence-corrected chi connectivity index (χ3v) is 5.08.